The van der Waals surface area contributed by atoms with Crippen molar-refractivity contribution in [3.8, 4) is 0 Å². The molecule has 0 unspecified atom stereocenters. The molecule has 0 saturated heterocycles. The third kappa shape index (κ3) is 6.42. The zero-order chi connectivity index (χ0) is 18.1. The Morgan fingerprint density at radius 1 is 1.04 bits per heavy atom. The Balaban J connectivity index is 1.90. The molecule has 0 saturated carbocycles. The van der Waals surface area contributed by atoms with Gasteiger partial charge in [0.25, 0.3) is 0 Å². The van der Waals surface area contributed by atoms with Gasteiger partial charge in [-0.3, -0.25) is 0 Å². The molecule has 0 N–H and O–H groups in total. The number of aromatic nitrogens is 1. The highest BCUT2D eigenvalue weighted by atomic mass is 16.5. The van der Waals surface area contributed by atoms with E-state index in [4.69, 9.17) is 4.74 Å². The second-order valence-corrected chi connectivity index (χ2v) is 6.20. The lowest BCUT2D eigenvalue weighted by Crippen LogP contribution is -2.37. The van der Waals surface area contributed by atoms with Crippen molar-refractivity contribution in [2.45, 2.75) is 26.3 Å². The highest BCUT2D eigenvalue weighted by Gasteiger charge is 2.09. The highest BCUT2D eigenvalue weighted by molar-refractivity contribution is 5.70. The first-order valence-electron chi connectivity index (χ1n) is 8.68. The summed E-state index contributed by atoms with van der Waals surface area (Å²) in [5.74, 6) is -0.192. The minimum Gasteiger partial charge on any atom is -0.461 e. The Kier molecular flexibility index (Phi) is 7.20. The molecule has 0 spiro atoms. The van der Waals surface area contributed by atoms with Crippen LogP contribution in [-0.2, 0) is 16.1 Å². The van der Waals surface area contributed by atoms with Gasteiger partial charge in [-0.25, -0.2) is 4.79 Å². The topological polar surface area (TPSA) is 33.4 Å². The van der Waals surface area contributed by atoms with Gasteiger partial charge in [0.2, 0.25) is 6.54 Å². The van der Waals surface area contributed by atoms with Crippen LogP contribution in [0, 0.1) is 0 Å². The lowest BCUT2D eigenvalue weighted by molar-refractivity contribution is -0.686. The van der Waals surface area contributed by atoms with Crippen molar-refractivity contribution in [1.82, 2.24) is 0 Å². The lowest BCUT2D eigenvalue weighted by Gasteiger charge is -2.11. The molecule has 4 nitrogen and oxygen atoms in total. The average molecular weight is 339 g/mol. The van der Waals surface area contributed by atoms with Gasteiger partial charge in [0.15, 0.2) is 12.4 Å². The van der Waals surface area contributed by atoms with Crippen LogP contribution in [0.25, 0.3) is 12.2 Å². The van der Waals surface area contributed by atoms with Gasteiger partial charge in [0, 0.05) is 31.9 Å². The smallest absolute Gasteiger partial charge is 0.372 e. The number of benzene rings is 1. The summed E-state index contributed by atoms with van der Waals surface area (Å²) < 4.78 is 7.00. The van der Waals surface area contributed by atoms with E-state index >= 15 is 0 Å². The summed E-state index contributed by atoms with van der Waals surface area (Å²) in [6.07, 6.45) is 9.88. The normalized spacial score (nSPS) is 10.8. The maximum Gasteiger partial charge on any atom is 0.372 e. The summed E-state index contributed by atoms with van der Waals surface area (Å²) in [6.45, 7) is 2.83. The van der Waals surface area contributed by atoms with Crippen molar-refractivity contribution in [3.05, 3.63) is 59.9 Å². The Bertz CT molecular complexity index is 689. The van der Waals surface area contributed by atoms with E-state index in [2.05, 4.69) is 48.2 Å². The number of pyridine rings is 1. The van der Waals surface area contributed by atoms with Gasteiger partial charge >= 0.3 is 5.97 Å². The standard InChI is InChI=1S/C21H27N2O2/c1-4-5-16-25-21(24)17-23-14-12-19(13-15-23)7-6-18-8-10-20(11-9-18)22(2)3/h6-15H,4-5,16-17H2,1-3H3/q+1. The minimum atomic E-state index is -0.192. The molecule has 0 aliphatic rings. The fraction of sp³-hybridized carbons (Fsp3) is 0.333. The van der Waals surface area contributed by atoms with E-state index in [0.29, 0.717) is 6.61 Å². The van der Waals surface area contributed by atoms with Crippen LogP contribution in [-0.4, -0.2) is 26.7 Å². The number of hydrogen-bond donors (Lipinski definition) is 0. The van der Waals surface area contributed by atoms with Crippen LogP contribution in [0.15, 0.2) is 48.8 Å². The Morgan fingerprint density at radius 3 is 2.20 bits per heavy atom. The van der Waals surface area contributed by atoms with E-state index < -0.39 is 0 Å². The van der Waals surface area contributed by atoms with Gasteiger partial charge in [-0.2, -0.15) is 4.57 Å². The number of ether oxygens (including phenoxy) is 1. The number of esters is 1. The van der Waals surface area contributed by atoms with Gasteiger partial charge in [-0.05, 0) is 29.7 Å². The van der Waals surface area contributed by atoms with E-state index in [9.17, 15) is 4.79 Å². The van der Waals surface area contributed by atoms with Crippen molar-refractivity contribution in [1.29, 1.82) is 0 Å². The molecule has 132 valence electrons. The van der Waals surface area contributed by atoms with Crippen molar-refractivity contribution in [3.63, 3.8) is 0 Å². The second kappa shape index (κ2) is 9.62. The maximum absolute atomic E-state index is 11.7. The van der Waals surface area contributed by atoms with Crippen molar-refractivity contribution in [2.75, 3.05) is 25.6 Å². The van der Waals surface area contributed by atoms with Crippen LogP contribution in [0.4, 0.5) is 5.69 Å². The van der Waals surface area contributed by atoms with E-state index in [-0.39, 0.29) is 12.5 Å². The monoisotopic (exact) mass is 339 g/mol. The third-order valence-corrected chi connectivity index (χ3v) is 3.87. The number of hydrogen-bond acceptors (Lipinski definition) is 3. The van der Waals surface area contributed by atoms with Gasteiger partial charge in [0.1, 0.15) is 0 Å². The molecule has 2 aromatic rings. The molecular formula is C21H27N2O2+. The minimum absolute atomic E-state index is 0.192. The van der Waals surface area contributed by atoms with Gasteiger partial charge in [0.05, 0.1) is 6.61 Å². The molecule has 1 aromatic carbocycles. The zero-order valence-electron chi connectivity index (χ0n) is 15.3. The van der Waals surface area contributed by atoms with Crippen LogP contribution < -0.4 is 9.47 Å². The van der Waals surface area contributed by atoms with Gasteiger partial charge in [-0.15, -0.1) is 0 Å². The number of carbonyl (C=O) groups excluding carboxylic acids is 1. The molecule has 0 atom stereocenters. The molecular weight excluding hydrogens is 312 g/mol. The third-order valence-electron chi connectivity index (χ3n) is 3.87. The SMILES string of the molecule is CCCCOC(=O)C[n+]1ccc(/C=C/c2ccc(N(C)C)cc2)cc1. The number of unbranched alkanes of at least 4 members (excludes halogenated alkanes) is 1. The van der Waals surface area contributed by atoms with Gasteiger partial charge < -0.3 is 9.64 Å². The largest absolute Gasteiger partial charge is 0.461 e. The first-order chi connectivity index (χ1) is 12.1. The number of anilines is 1. The van der Waals surface area contributed by atoms with E-state index in [1.54, 1.807) is 0 Å². The van der Waals surface area contributed by atoms with Crippen LogP contribution >= 0.6 is 0 Å². The summed E-state index contributed by atoms with van der Waals surface area (Å²) in [5.41, 5.74) is 3.43. The quantitative estimate of drug-likeness (QED) is 0.419. The van der Waals surface area contributed by atoms with Crippen molar-refractivity contribution >= 4 is 23.8 Å². The summed E-state index contributed by atoms with van der Waals surface area (Å²) in [4.78, 5) is 13.8. The van der Waals surface area contributed by atoms with Crippen LogP contribution in [0.1, 0.15) is 30.9 Å². The summed E-state index contributed by atoms with van der Waals surface area (Å²) in [6, 6.07) is 12.4. The molecule has 1 heterocycles. The fourth-order valence-electron chi connectivity index (χ4n) is 2.29. The number of nitrogens with zero attached hydrogens (tertiary/aromatic N) is 2. The first-order valence-corrected chi connectivity index (χ1v) is 8.68. The summed E-state index contributed by atoms with van der Waals surface area (Å²) in [7, 11) is 4.06. The first kappa shape index (κ1) is 18.7. The number of rotatable bonds is 8. The van der Waals surface area contributed by atoms with Crippen molar-refractivity contribution < 1.29 is 14.1 Å². The molecule has 1 aromatic heterocycles. The predicted octanol–water partition coefficient (Wildman–Crippen LogP) is 3.55. The lowest BCUT2D eigenvalue weighted by atomic mass is 10.1. The van der Waals surface area contributed by atoms with Crippen LogP contribution in [0.3, 0.4) is 0 Å². The number of carbonyl (C=O) groups is 1. The van der Waals surface area contributed by atoms with Crippen LogP contribution in [0.5, 0.6) is 0 Å². The van der Waals surface area contributed by atoms with E-state index in [1.165, 1.54) is 5.69 Å². The molecule has 4 heteroatoms. The van der Waals surface area contributed by atoms with Gasteiger partial charge in [-0.1, -0.05) is 37.6 Å². The molecule has 0 aliphatic carbocycles. The summed E-state index contributed by atoms with van der Waals surface area (Å²) >= 11 is 0. The van der Waals surface area contributed by atoms with Crippen LogP contribution in [0.2, 0.25) is 0 Å². The molecule has 0 radical (unpaired) electrons. The predicted molar refractivity (Wildman–Crippen MR) is 102 cm³/mol. The maximum atomic E-state index is 11.7. The zero-order valence-corrected chi connectivity index (χ0v) is 15.3. The second-order valence-electron chi connectivity index (χ2n) is 6.20. The molecule has 0 aliphatic heterocycles. The Morgan fingerprint density at radius 2 is 1.64 bits per heavy atom. The highest BCUT2D eigenvalue weighted by Crippen LogP contribution is 2.14. The average Bonchev–Trinajstić information content (AvgIpc) is 2.62. The molecule has 2 rings (SSSR count). The van der Waals surface area contributed by atoms with E-state index in [0.717, 1.165) is 24.0 Å². The van der Waals surface area contributed by atoms with E-state index in [1.807, 2.05) is 43.2 Å². The Hall–Kier alpha value is -2.62. The Labute approximate surface area is 150 Å². The summed E-state index contributed by atoms with van der Waals surface area (Å²) in [5, 5.41) is 0. The molecule has 0 bridgehead atoms. The van der Waals surface area contributed by atoms with Crippen molar-refractivity contribution in [2.24, 2.45) is 0 Å². The fourth-order valence-corrected chi connectivity index (χ4v) is 2.29. The molecule has 0 amide bonds. The molecule has 0 fully saturated rings. The molecule has 25 heavy (non-hydrogen) atoms.